The third kappa shape index (κ3) is 5.07. The van der Waals surface area contributed by atoms with Gasteiger partial charge in [-0.15, -0.1) is 0 Å². The summed E-state index contributed by atoms with van der Waals surface area (Å²) in [6, 6.07) is 71.1. The first kappa shape index (κ1) is 32.4. The van der Waals surface area contributed by atoms with Gasteiger partial charge in [-0.25, -0.2) is 15.0 Å². The van der Waals surface area contributed by atoms with Crippen molar-refractivity contribution in [1.29, 1.82) is 0 Å². The van der Waals surface area contributed by atoms with Crippen LogP contribution >= 0.6 is 0 Å². The van der Waals surface area contributed by atoms with Crippen molar-refractivity contribution in [3.63, 3.8) is 0 Å². The minimum absolute atomic E-state index is 0.641. The summed E-state index contributed by atoms with van der Waals surface area (Å²) in [5, 5.41) is 9.54. The van der Waals surface area contributed by atoms with Gasteiger partial charge in [-0.2, -0.15) is 0 Å². The van der Waals surface area contributed by atoms with E-state index in [4.69, 9.17) is 15.0 Å². The van der Waals surface area contributed by atoms with Crippen molar-refractivity contribution in [2.75, 3.05) is 0 Å². The molecule has 12 rings (SSSR count). The number of hydrogen-bond donors (Lipinski definition) is 0. The van der Waals surface area contributed by atoms with Gasteiger partial charge in [-0.3, -0.25) is 0 Å². The van der Waals surface area contributed by atoms with Crippen LogP contribution in [0.3, 0.4) is 0 Å². The van der Waals surface area contributed by atoms with Crippen LogP contribution in [0.25, 0.3) is 111 Å². The second kappa shape index (κ2) is 12.8. The zero-order valence-electron chi connectivity index (χ0n) is 31.3. The Morgan fingerprint density at radius 3 is 1.40 bits per heavy atom. The van der Waals surface area contributed by atoms with E-state index in [-0.39, 0.29) is 0 Å². The molecule has 270 valence electrons. The smallest absolute Gasteiger partial charge is 0.164 e. The molecule has 0 unspecified atom stereocenters. The van der Waals surface area contributed by atoms with Crippen molar-refractivity contribution in [2.45, 2.75) is 0 Å². The number of hydrogen-bond acceptors (Lipinski definition) is 3. The molecule has 0 fully saturated rings. The number of aromatic nitrogens is 5. The monoisotopic (exact) mass is 739 g/mol. The molecule has 9 aromatic carbocycles. The van der Waals surface area contributed by atoms with E-state index >= 15 is 0 Å². The highest BCUT2D eigenvalue weighted by Gasteiger charge is 2.18. The molecule has 0 spiro atoms. The quantitative estimate of drug-likeness (QED) is 0.177. The zero-order chi connectivity index (χ0) is 38.2. The molecule has 58 heavy (non-hydrogen) atoms. The Bertz CT molecular complexity index is 3450. The summed E-state index contributed by atoms with van der Waals surface area (Å²) in [6.45, 7) is 0. The van der Waals surface area contributed by atoms with Crippen molar-refractivity contribution >= 4 is 65.2 Å². The predicted molar refractivity (Wildman–Crippen MR) is 240 cm³/mol. The molecule has 0 bridgehead atoms. The van der Waals surface area contributed by atoms with Crippen LogP contribution in [0, 0.1) is 0 Å². The van der Waals surface area contributed by atoms with Crippen LogP contribution < -0.4 is 0 Å². The maximum atomic E-state index is 5.10. The van der Waals surface area contributed by atoms with Gasteiger partial charge >= 0.3 is 0 Å². The summed E-state index contributed by atoms with van der Waals surface area (Å²) < 4.78 is 4.79. The van der Waals surface area contributed by atoms with E-state index in [1.165, 1.54) is 43.4 Å². The SMILES string of the molecule is c1ccc(-c2nc(-c3ccccc3)nc(-c3cccc4ccc(-n5c6ccccc6c6cc7cc(-n8c9ccccc9c9ccccc98)ccc7cc65)cc34)n2)cc1. The third-order valence-corrected chi connectivity index (χ3v) is 11.5. The summed E-state index contributed by atoms with van der Waals surface area (Å²) in [7, 11) is 0. The van der Waals surface area contributed by atoms with Crippen LogP contribution in [0.5, 0.6) is 0 Å². The first-order valence-corrected chi connectivity index (χ1v) is 19.6. The maximum absolute atomic E-state index is 5.10. The molecular formula is C53H33N5. The molecule has 5 heteroatoms. The van der Waals surface area contributed by atoms with Gasteiger partial charge in [-0.05, 0) is 76.1 Å². The van der Waals surface area contributed by atoms with E-state index in [0.717, 1.165) is 49.9 Å². The van der Waals surface area contributed by atoms with Gasteiger partial charge in [0.2, 0.25) is 0 Å². The first-order chi connectivity index (χ1) is 28.7. The molecule has 0 N–H and O–H groups in total. The largest absolute Gasteiger partial charge is 0.309 e. The Hall–Kier alpha value is -7.89. The minimum atomic E-state index is 0.641. The average molecular weight is 740 g/mol. The van der Waals surface area contributed by atoms with Crippen molar-refractivity contribution in [3.05, 3.63) is 200 Å². The number of nitrogens with zero attached hydrogens (tertiary/aromatic N) is 5. The molecule has 0 aliphatic carbocycles. The molecule has 0 radical (unpaired) electrons. The molecule has 5 nitrogen and oxygen atoms in total. The Kier molecular flexibility index (Phi) is 7.16. The Balaban J connectivity index is 1.05. The van der Waals surface area contributed by atoms with E-state index < -0.39 is 0 Å². The lowest BCUT2D eigenvalue weighted by Crippen LogP contribution is -2.01. The normalized spacial score (nSPS) is 11.8. The van der Waals surface area contributed by atoms with Crippen LogP contribution in [-0.2, 0) is 0 Å². The van der Waals surface area contributed by atoms with E-state index in [9.17, 15) is 0 Å². The van der Waals surface area contributed by atoms with Crippen molar-refractivity contribution in [2.24, 2.45) is 0 Å². The number of para-hydroxylation sites is 3. The molecule has 0 atom stereocenters. The summed E-state index contributed by atoms with van der Waals surface area (Å²) >= 11 is 0. The molecule has 3 heterocycles. The van der Waals surface area contributed by atoms with Gasteiger partial charge in [0, 0.05) is 49.6 Å². The number of benzene rings is 9. The molecular weight excluding hydrogens is 707 g/mol. The van der Waals surface area contributed by atoms with E-state index in [1.54, 1.807) is 0 Å². The van der Waals surface area contributed by atoms with Crippen LogP contribution in [0.2, 0.25) is 0 Å². The fraction of sp³-hybridized carbons (Fsp3) is 0. The fourth-order valence-electron chi connectivity index (χ4n) is 8.84. The molecule has 12 aromatic rings. The maximum Gasteiger partial charge on any atom is 0.164 e. The molecule has 0 amide bonds. The number of rotatable bonds is 5. The van der Waals surface area contributed by atoms with E-state index in [1.807, 2.05) is 60.7 Å². The highest BCUT2D eigenvalue weighted by atomic mass is 15.0. The number of fused-ring (bicyclic) bond motifs is 8. The second-order valence-electron chi connectivity index (χ2n) is 14.9. The van der Waals surface area contributed by atoms with Crippen molar-refractivity contribution in [3.8, 4) is 45.5 Å². The predicted octanol–water partition coefficient (Wildman–Crippen LogP) is 13.4. The highest BCUT2D eigenvalue weighted by Crippen LogP contribution is 2.39. The van der Waals surface area contributed by atoms with Gasteiger partial charge in [0.25, 0.3) is 0 Å². The van der Waals surface area contributed by atoms with Crippen LogP contribution in [0.1, 0.15) is 0 Å². The van der Waals surface area contributed by atoms with Crippen molar-refractivity contribution < 1.29 is 0 Å². The molecule has 0 aliphatic rings. The van der Waals surface area contributed by atoms with Gasteiger partial charge in [0.1, 0.15) is 0 Å². The zero-order valence-corrected chi connectivity index (χ0v) is 31.3. The first-order valence-electron chi connectivity index (χ1n) is 19.6. The fourth-order valence-corrected chi connectivity index (χ4v) is 8.84. The Morgan fingerprint density at radius 1 is 0.276 bits per heavy atom. The second-order valence-corrected chi connectivity index (χ2v) is 14.9. The van der Waals surface area contributed by atoms with Crippen LogP contribution in [0.15, 0.2) is 200 Å². The molecule has 0 saturated carbocycles. The lowest BCUT2D eigenvalue weighted by molar-refractivity contribution is 1.08. The van der Waals surface area contributed by atoms with E-state index in [0.29, 0.717) is 17.5 Å². The van der Waals surface area contributed by atoms with Gasteiger partial charge in [0.05, 0.1) is 22.1 Å². The minimum Gasteiger partial charge on any atom is -0.309 e. The molecule has 0 aliphatic heterocycles. The summed E-state index contributed by atoms with van der Waals surface area (Å²) in [4.78, 5) is 15.2. The highest BCUT2D eigenvalue weighted by molar-refractivity contribution is 6.14. The van der Waals surface area contributed by atoms with Gasteiger partial charge in [0.15, 0.2) is 17.5 Å². The molecule has 0 saturated heterocycles. The van der Waals surface area contributed by atoms with Gasteiger partial charge < -0.3 is 9.13 Å². The molecule has 3 aromatic heterocycles. The van der Waals surface area contributed by atoms with Gasteiger partial charge in [-0.1, -0.05) is 146 Å². The van der Waals surface area contributed by atoms with Crippen molar-refractivity contribution in [1.82, 2.24) is 24.1 Å². The summed E-state index contributed by atoms with van der Waals surface area (Å²) in [5.74, 6) is 1.93. The Morgan fingerprint density at radius 2 is 0.776 bits per heavy atom. The topological polar surface area (TPSA) is 48.5 Å². The average Bonchev–Trinajstić information content (AvgIpc) is 3.80. The standard InChI is InChI=1S/C53H33N5/c1-3-14-35(15-4-1)51-54-52(36-16-5-2-6-17-36)56-53(55-51)44-22-13-18-34-26-28-40(33-45(34)44)58-49-25-12-9-21-43(49)46-31-38-30-39(29-27-37(38)32-50(46)58)57-47-23-10-7-19-41(47)42-20-8-11-24-48(42)57/h1-33H. The van der Waals surface area contributed by atoms with Crippen LogP contribution in [-0.4, -0.2) is 24.1 Å². The van der Waals surface area contributed by atoms with E-state index in [2.05, 4.69) is 149 Å². The summed E-state index contributed by atoms with van der Waals surface area (Å²) in [5.41, 5.74) is 9.82. The third-order valence-electron chi connectivity index (χ3n) is 11.5. The van der Waals surface area contributed by atoms with Crippen LogP contribution in [0.4, 0.5) is 0 Å². The lowest BCUT2D eigenvalue weighted by Gasteiger charge is -2.13. The lowest BCUT2D eigenvalue weighted by atomic mass is 10.0. The Labute approximate surface area is 333 Å². The summed E-state index contributed by atoms with van der Waals surface area (Å²) in [6.07, 6.45) is 0.